The van der Waals surface area contributed by atoms with Crippen LogP contribution in [0.2, 0.25) is 0 Å². The Morgan fingerprint density at radius 3 is 2.50 bits per heavy atom. The molecule has 0 unspecified atom stereocenters. The molecule has 1 aliphatic carbocycles. The van der Waals surface area contributed by atoms with Crippen molar-refractivity contribution in [1.29, 1.82) is 0 Å². The van der Waals surface area contributed by atoms with Crippen LogP contribution in [0.5, 0.6) is 0 Å². The van der Waals surface area contributed by atoms with E-state index in [9.17, 15) is 33.4 Å². The fraction of sp³-hybridized carbons (Fsp3) is 0.348. The maximum atomic E-state index is 14.7. The highest BCUT2D eigenvalue weighted by atomic mass is 19.3. The quantitative estimate of drug-likeness (QED) is 0.656. The number of fused-ring (bicyclic) bond motifs is 3. The number of carbonyl (C=O) groups excluding carboxylic acids is 2. The second-order valence-corrected chi connectivity index (χ2v) is 8.61. The first-order valence-electron chi connectivity index (χ1n) is 10.1. The highest BCUT2D eigenvalue weighted by molar-refractivity contribution is 5.99. The first-order chi connectivity index (χ1) is 15.1. The van der Waals surface area contributed by atoms with Gasteiger partial charge in [0.05, 0.1) is 13.2 Å². The number of carboxylic acid groups (broad SMARTS) is 1. The summed E-state index contributed by atoms with van der Waals surface area (Å²) in [5.41, 5.74) is -0.321. The van der Waals surface area contributed by atoms with Crippen molar-refractivity contribution in [2.24, 2.45) is 5.41 Å². The molecule has 9 heteroatoms. The summed E-state index contributed by atoms with van der Waals surface area (Å²) in [5.74, 6) is -5.57. The molecular formula is C23H22F2N2O5. The van der Waals surface area contributed by atoms with Gasteiger partial charge in [0.25, 0.3) is 11.8 Å². The van der Waals surface area contributed by atoms with E-state index in [0.717, 1.165) is 4.90 Å². The Morgan fingerprint density at radius 1 is 1.12 bits per heavy atom. The van der Waals surface area contributed by atoms with Gasteiger partial charge in [-0.15, -0.1) is 0 Å². The van der Waals surface area contributed by atoms with Crippen LogP contribution in [-0.4, -0.2) is 58.6 Å². The van der Waals surface area contributed by atoms with Gasteiger partial charge in [0.2, 0.25) is 5.91 Å². The van der Waals surface area contributed by atoms with Gasteiger partial charge < -0.3 is 20.4 Å². The molecule has 4 rings (SSSR count). The van der Waals surface area contributed by atoms with Crippen LogP contribution < -0.4 is 5.32 Å². The molecule has 32 heavy (non-hydrogen) atoms. The van der Waals surface area contributed by atoms with Crippen LogP contribution in [0.3, 0.4) is 0 Å². The Kier molecular flexibility index (Phi) is 5.24. The Labute approximate surface area is 182 Å². The van der Waals surface area contributed by atoms with E-state index in [1.807, 2.05) is 0 Å². The molecular weight excluding hydrogens is 422 g/mol. The summed E-state index contributed by atoms with van der Waals surface area (Å²) in [7, 11) is 0. The van der Waals surface area contributed by atoms with Gasteiger partial charge in [-0.1, -0.05) is 37.3 Å². The Balaban J connectivity index is 1.49. The number of nitrogens with one attached hydrogen (secondary N) is 1. The highest BCUT2D eigenvalue weighted by Crippen LogP contribution is 2.50. The summed E-state index contributed by atoms with van der Waals surface area (Å²) in [4.78, 5) is 37.9. The molecule has 2 aromatic rings. The molecule has 2 aromatic carbocycles. The number of amides is 2. The van der Waals surface area contributed by atoms with Gasteiger partial charge in [-0.05, 0) is 29.7 Å². The number of aliphatic carboxylic acids is 1. The molecule has 0 spiro atoms. The van der Waals surface area contributed by atoms with Crippen molar-refractivity contribution in [3.05, 3.63) is 59.2 Å². The number of hydrogen-bond donors (Lipinski definition) is 3. The van der Waals surface area contributed by atoms with E-state index in [2.05, 4.69) is 5.32 Å². The second-order valence-electron chi connectivity index (χ2n) is 8.61. The van der Waals surface area contributed by atoms with Gasteiger partial charge in [0.1, 0.15) is 6.04 Å². The molecule has 1 fully saturated rings. The van der Waals surface area contributed by atoms with E-state index in [-0.39, 0.29) is 41.8 Å². The fourth-order valence-corrected chi connectivity index (χ4v) is 4.44. The van der Waals surface area contributed by atoms with Crippen molar-refractivity contribution in [1.82, 2.24) is 10.2 Å². The largest absolute Gasteiger partial charge is 0.480 e. The lowest BCUT2D eigenvalue weighted by Crippen LogP contribution is -2.45. The van der Waals surface area contributed by atoms with Gasteiger partial charge in [0, 0.05) is 28.7 Å². The van der Waals surface area contributed by atoms with Crippen LogP contribution in [0.15, 0.2) is 42.5 Å². The first kappa shape index (κ1) is 21.9. The number of benzene rings is 2. The van der Waals surface area contributed by atoms with E-state index >= 15 is 0 Å². The maximum absolute atomic E-state index is 14.7. The van der Waals surface area contributed by atoms with Crippen molar-refractivity contribution in [2.75, 3.05) is 19.7 Å². The standard InChI is InChI=1S/C23H22F2N2O5/c1-22(12-28)9-18(21(31)32)27(11-22)19(29)10-26-20(30)13-6-7-17-15(8-13)14-4-2-3-5-16(14)23(17,24)25/h2-8,18,28H,9-12H2,1H3,(H,26,30)(H,31,32)/t18-,22-/m0/s1. The summed E-state index contributed by atoms with van der Waals surface area (Å²) in [6.45, 7) is 1.02. The molecule has 0 bridgehead atoms. The summed E-state index contributed by atoms with van der Waals surface area (Å²) in [6.07, 6.45) is 0.108. The smallest absolute Gasteiger partial charge is 0.326 e. The van der Waals surface area contributed by atoms with Crippen molar-refractivity contribution in [3.63, 3.8) is 0 Å². The number of aliphatic hydroxyl groups is 1. The third kappa shape index (κ3) is 3.52. The number of rotatable bonds is 5. The summed E-state index contributed by atoms with van der Waals surface area (Å²) in [6, 6.07) is 8.85. The number of likely N-dealkylation sites (tertiary alicyclic amines) is 1. The Bertz CT molecular complexity index is 1120. The predicted molar refractivity (Wildman–Crippen MR) is 110 cm³/mol. The number of halogens is 2. The number of carbonyl (C=O) groups is 3. The van der Waals surface area contributed by atoms with E-state index < -0.39 is 41.7 Å². The monoisotopic (exact) mass is 444 g/mol. The second kappa shape index (κ2) is 7.67. The summed E-state index contributed by atoms with van der Waals surface area (Å²) >= 11 is 0. The zero-order valence-corrected chi connectivity index (χ0v) is 17.3. The SMILES string of the molecule is C[C@]1(CO)C[C@@H](C(=O)O)N(C(=O)CNC(=O)c2ccc3c(c2)-c2ccccc2C3(F)F)C1. The molecule has 2 atom stereocenters. The minimum Gasteiger partial charge on any atom is -0.480 e. The molecule has 0 radical (unpaired) electrons. The van der Waals surface area contributed by atoms with Crippen molar-refractivity contribution in [2.45, 2.75) is 25.3 Å². The van der Waals surface area contributed by atoms with Gasteiger partial charge in [-0.3, -0.25) is 9.59 Å². The van der Waals surface area contributed by atoms with E-state index in [1.54, 1.807) is 19.1 Å². The average Bonchev–Trinajstić information content (AvgIpc) is 3.25. The topological polar surface area (TPSA) is 107 Å². The van der Waals surface area contributed by atoms with Crippen LogP contribution in [0.25, 0.3) is 11.1 Å². The molecule has 2 amide bonds. The summed E-state index contributed by atoms with van der Waals surface area (Å²) < 4.78 is 29.3. The van der Waals surface area contributed by atoms with Crippen LogP contribution >= 0.6 is 0 Å². The molecule has 0 aromatic heterocycles. The number of alkyl halides is 2. The number of nitrogens with zero attached hydrogens (tertiary/aromatic N) is 1. The molecule has 2 aliphatic rings. The van der Waals surface area contributed by atoms with Crippen molar-refractivity contribution < 1.29 is 33.4 Å². The number of hydrogen-bond acceptors (Lipinski definition) is 4. The van der Waals surface area contributed by atoms with Gasteiger partial charge in [-0.2, -0.15) is 8.78 Å². The van der Waals surface area contributed by atoms with Crippen LogP contribution in [-0.2, 0) is 15.5 Å². The predicted octanol–water partition coefficient (Wildman–Crippen LogP) is 2.22. The minimum absolute atomic E-state index is 0.0554. The first-order valence-corrected chi connectivity index (χ1v) is 10.1. The number of carboxylic acids is 1. The van der Waals surface area contributed by atoms with Crippen LogP contribution in [0, 0.1) is 5.41 Å². The van der Waals surface area contributed by atoms with Crippen LogP contribution in [0.1, 0.15) is 34.8 Å². The molecule has 1 aliphatic heterocycles. The average molecular weight is 444 g/mol. The molecule has 3 N–H and O–H groups in total. The highest BCUT2D eigenvalue weighted by Gasteiger charge is 2.46. The minimum atomic E-state index is -3.15. The van der Waals surface area contributed by atoms with Gasteiger partial charge in [0.15, 0.2) is 0 Å². The third-order valence-electron chi connectivity index (χ3n) is 6.18. The molecule has 168 valence electrons. The van der Waals surface area contributed by atoms with Crippen molar-refractivity contribution >= 4 is 17.8 Å². The zero-order valence-electron chi connectivity index (χ0n) is 17.3. The lowest BCUT2D eigenvalue weighted by Gasteiger charge is -2.23. The van der Waals surface area contributed by atoms with Gasteiger partial charge >= 0.3 is 5.97 Å². The molecule has 1 saturated heterocycles. The molecule has 0 saturated carbocycles. The third-order valence-corrected chi connectivity index (χ3v) is 6.18. The zero-order chi connectivity index (χ0) is 23.3. The maximum Gasteiger partial charge on any atom is 0.326 e. The van der Waals surface area contributed by atoms with E-state index in [4.69, 9.17) is 0 Å². The summed E-state index contributed by atoms with van der Waals surface area (Å²) in [5, 5.41) is 21.4. The van der Waals surface area contributed by atoms with Gasteiger partial charge in [-0.25, -0.2) is 4.79 Å². The van der Waals surface area contributed by atoms with E-state index in [0.29, 0.717) is 5.56 Å². The van der Waals surface area contributed by atoms with E-state index in [1.165, 1.54) is 30.3 Å². The Morgan fingerprint density at radius 2 is 1.81 bits per heavy atom. The lowest BCUT2D eigenvalue weighted by atomic mass is 9.89. The lowest BCUT2D eigenvalue weighted by molar-refractivity contribution is -0.147. The Hall–Kier alpha value is -3.33. The fourth-order valence-electron chi connectivity index (χ4n) is 4.44. The normalized spacial score (nSPS) is 22.9. The molecule has 7 nitrogen and oxygen atoms in total. The number of aliphatic hydroxyl groups excluding tert-OH is 1. The molecule has 1 heterocycles. The van der Waals surface area contributed by atoms with Crippen LogP contribution in [0.4, 0.5) is 8.78 Å². The van der Waals surface area contributed by atoms with Crippen molar-refractivity contribution in [3.8, 4) is 11.1 Å².